The summed E-state index contributed by atoms with van der Waals surface area (Å²) in [5.41, 5.74) is 1.62. The van der Waals surface area contributed by atoms with Crippen molar-refractivity contribution in [3.63, 3.8) is 0 Å². The van der Waals surface area contributed by atoms with E-state index < -0.39 is 0 Å². The van der Waals surface area contributed by atoms with Crippen molar-refractivity contribution in [1.29, 1.82) is 0 Å². The molecule has 1 saturated carbocycles. The minimum Gasteiger partial charge on any atom is -0.497 e. The molecular weight excluding hydrogens is 242 g/mol. The average molecular weight is 259 g/mol. The quantitative estimate of drug-likeness (QED) is 0.882. The van der Waals surface area contributed by atoms with Crippen LogP contribution in [0, 0.1) is 0 Å². The number of aromatic nitrogens is 2. The number of aliphatic hydroxyl groups is 1. The average Bonchev–Trinajstić information content (AvgIpc) is 2.84. The van der Waals surface area contributed by atoms with Crippen LogP contribution in [0.25, 0.3) is 11.0 Å². The molecule has 0 spiro atoms. The van der Waals surface area contributed by atoms with Crippen molar-refractivity contribution >= 4 is 16.9 Å². The number of anilines is 1. The molecular formula is C14H17N3O2. The van der Waals surface area contributed by atoms with Crippen molar-refractivity contribution < 1.29 is 9.84 Å². The molecule has 2 atom stereocenters. The highest BCUT2D eigenvalue weighted by molar-refractivity contribution is 5.77. The number of benzene rings is 1. The first-order valence-electron chi connectivity index (χ1n) is 6.51. The fourth-order valence-corrected chi connectivity index (χ4v) is 2.49. The Bertz CT molecular complexity index is 588. The minimum atomic E-state index is -0.284. The van der Waals surface area contributed by atoms with Crippen molar-refractivity contribution in [3.8, 4) is 5.75 Å². The van der Waals surface area contributed by atoms with E-state index in [1.54, 1.807) is 13.3 Å². The highest BCUT2D eigenvalue weighted by Gasteiger charge is 2.25. The van der Waals surface area contributed by atoms with Crippen LogP contribution < -0.4 is 10.1 Å². The van der Waals surface area contributed by atoms with Crippen LogP contribution in [0.15, 0.2) is 24.4 Å². The van der Waals surface area contributed by atoms with Crippen LogP contribution in [0.1, 0.15) is 19.3 Å². The van der Waals surface area contributed by atoms with Gasteiger partial charge in [-0.3, -0.25) is 4.98 Å². The van der Waals surface area contributed by atoms with Crippen LogP contribution in [0.4, 0.5) is 5.82 Å². The molecule has 0 amide bonds. The molecule has 3 rings (SSSR count). The number of hydrogen-bond donors (Lipinski definition) is 2. The first kappa shape index (κ1) is 12.2. The molecule has 19 heavy (non-hydrogen) atoms. The lowest BCUT2D eigenvalue weighted by Crippen LogP contribution is -2.28. The number of fused-ring (bicyclic) bond motifs is 1. The van der Waals surface area contributed by atoms with Gasteiger partial charge < -0.3 is 15.2 Å². The maximum absolute atomic E-state index is 9.80. The lowest BCUT2D eigenvalue weighted by atomic mass is 10.2. The van der Waals surface area contributed by atoms with Gasteiger partial charge in [0.1, 0.15) is 11.6 Å². The number of nitrogens with one attached hydrogen (secondary N) is 1. The van der Waals surface area contributed by atoms with E-state index >= 15 is 0 Å². The molecule has 0 saturated heterocycles. The van der Waals surface area contributed by atoms with E-state index in [0.717, 1.165) is 36.0 Å². The predicted octanol–water partition coefficient (Wildman–Crippen LogP) is 1.96. The van der Waals surface area contributed by atoms with E-state index in [-0.39, 0.29) is 12.1 Å². The molecule has 1 aromatic heterocycles. The highest BCUT2D eigenvalue weighted by Crippen LogP contribution is 2.23. The highest BCUT2D eigenvalue weighted by atomic mass is 16.5. The van der Waals surface area contributed by atoms with Gasteiger partial charge in [0, 0.05) is 6.07 Å². The van der Waals surface area contributed by atoms with Crippen LogP contribution in [-0.4, -0.2) is 34.3 Å². The summed E-state index contributed by atoms with van der Waals surface area (Å²) in [6.45, 7) is 0. The molecule has 1 fully saturated rings. The maximum atomic E-state index is 9.80. The first-order valence-corrected chi connectivity index (χ1v) is 6.51. The Morgan fingerprint density at radius 2 is 2.21 bits per heavy atom. The van der Waals surface area contributed by atoms with E-state index in [1.165, 1.54) is 0 Å². The van der Waals surface area contributed by atoms with Crippen LogP contribution in [0.3, 0.4) is 0 Å². The zero-order valence-corrected chi connectivity index (χ0v) is 10.8. The third-order valence-electron chi connectivity index (χ3n) is 3.56. The summed E-state index contributed by atoms with van der Waals surface area (Å²) in [5.74, 6) is 1.48. The summed E-state index contributed by atoms with van der Waals surface area (Å²) in [7, 11) is 1.63. The summed E-state index contributed by atoms with van der Waals surface area (Å²) in [4.78, 5) is 8.88. The standard InChI is InChI=1S/C14H17N3O2/c1-19-9-5-6-10-12(7-9)15-8-14(16-10)17-11-3-2-4-13(11)18/h5-8,11,13,18H,2-4H2,1H3,(H,16,17)/t11-,13-/m1/s1. The van der Waals surface area contributed by atoms with Gasteiger partial charge >= 0.3 is 0 Å². The Morgan fingerprint density at radius 1 is 1.32 bits per heavy atom. The Labute approximate surface area is 111 Å². The summed E-state index contributed by atoms with van der Waals surface area (Å²) in [6, 6.07) is 5.70. The number of hydrogen-bond acceptors (Lipinski definition) is 5. The summed E-state index contributed by atoms with van der Waals surface area (Å²) in [6.07, 6.45) is 4.30. The molecule has 5 heteroatoms. The predicted molar refractivity (Wildman–Crippen MR) is 73.4 cm³/mol. The second kappa shape index (κ2) is 5.01. The van der Waals surface area contributed by atoms with Gasteiger partial charge in [0.15, 0.2) is 0 Å². The van der Waals surface area contributed by atoms with Gasteiger partial charge in [-0.15, -0.1) is 0 Å². The van der Waals surface area contributed by atoms with Gasteiger partial charge in [-0.1, -0.05) is 0 Å². The van der Waals surface area contributed by atoms with Crippen LogP contribution in [0.2, 0.25) is 0 Å². The number of methoxy groups -OCH3 is 1. The molecule has 0 radical (unpaired) electrons. The van der Waals surface area contributed by atoms with Gasteiger partial charge in [0.2, 0.25) is 0 Å². The monoisotopic (exact) mass is 259 g/mol. The first-order chi connectivity index (χ1) is 9.26. The van der Waals surface area contributed by atoms with E-state index in [9.17, 15) is 5.11 Å². The van der Waals surface area contributed by atoms with E-state index in [0.29, 0.717) is 5.82 Å². The third kappa shape index (κ3) is 2.46. The fourth-order valence-electron chi connectivity index (χ4n) is 2.49. The second-order valence-corrected chi connectivity index (χ2v) is 4.86. The van der Waals surface area contributed by atoms with Crippen molar-refractivity contribution in [2.24, 2.45) is 0 Å². The van der Waals surface area contributed by atoms with Crippen molar-refractivity contribution in [3.05, 3.63) is 24.4 Å². The van der Waals surface area contributed by atoms with Gasteiger partial charge in [-0.2, -0.15) is 0 Å². The Hall–Kier alpha value is -1.88. The second-order valence-electron chi connectivity index (χ2n) is 4.86. The number of ether oxygens (including phenoxy) is 1. The van der Waals surface area contributed by atoms with E-state index in [4.69, 9.17) is 4.74 Å². The Morgan fingerprint density at radius 3 is 2.95 bits per heavy atom. The van der Waals surface area contributed by atoms with E-state index in [2.05, 4.69) is 15.3 Å². The smallest absolute Gasteiger partial charge is 0.145 e. The molecule has 5 nitrogen and oxygen atoms in total. The van der Waals surface area contributed by atoms with Gasteiger partial charge in [0.25, 0.3) is 0 Å². The molecule has 1 aliphatic rings. The Balaban J connectivity index is 1.85. The summed E-state index contributed by atoms with van der Waals surface area (Å²) in [5, 5.41) is 13.1. The largest absolute Gasteiger partial charge is 0.497 e. The lowest BCUT2D eigenvalue weighted by molar-refractivity contribution is 0.171. The van der Waals surface area contributed by atoms with Gasteiger partial charge in [-0.25, -0.2) is 4.98 Å². The molecule has 0 aliphatic heterocycles. The molecule has 1 aromatic carbocycles. The maximum Gasteiger partial charge on any atom is 0.145 e. The lowest BCUT2D eigenvalue weighted by Gasteiger charge is -2.16. The molecule has 1 heterocycles. The van der Waals surface area contributed by atoms with Crippen LogP contribution in [-0.2, 0) is 0 Å². The van der Waals surface area contributed by atoms with Crippen molar-refractivity contribution in [1.82, 2.24) is 9.97 Å². The number of aliphatic hydroxyl groups excluding tert-OH is 1. The summed E-state index contributed by atoms with van der Waals surface area (Å²) < 4.78 is 5.16. The molecule has 0 unspecified atom stereocenters. The van der Waals surface area contributed by atoms with Crippen LogP contribution in [0.5, 0.6) is 5.75 Å². The molecule has 1 aliphatic carbocycles. The number of rotatable bonds is 3. The molecule has 2 aromatic rings. The van der Waals surface area contributed by atoms with Gasteiger partial charge in [-0.05, 0) is 31.4 Å². The third-order valence-corrected chi connectivity index (χ3v) is 3.56. The topological polar surface area (TPSA) is 67.3 Å². The Kier molecular flexibility index (Phi) is 3.21. The normalized spacial score (nSPS) is 22.6. The zero-order chi connectivity index (χ0) is 13.2. The summed E-state index contributed by atoms with van der Waals surface area (Å²) >= 11 is 0. The van der Waals surface area contributed by atoms with Crippen molar-refractivity contribution in [2.75, 3.05) is 12.4 Å². The number of nitrogens with zero attached hydrogens (tertiary/aromatic N) is 2. The van der Waals surface area contributed by atoms with Crippen molar-refractivity contribution in [2.45, 2.75) is 31.4 Å². The van der Waals surface area contributed by atoms with Gasteiger partial charge in [0.05, 0.1) is 36.5 Å². The SMILES string of the molecule is COc1ccc2nc(N[C@@H]3CCC[C@H]3O)cnc2c1. The fraction of sp³-hybridized carbons (Fsp3) is 0.429. The molecule has 2 N–H and O–H groups in total. The molecule has 100 valence electrons. The van der Waals surface area contributed by atoms with E-state index in [1.807, 2.05) is 18.2 Å². The molecule has 0 bridgehead atoms. The zero-order valence-electron chi connectivity index (χ0n) is 10.8. The minimum absolute atomic E-state index is 0.0880. The van der Waals surface area contributed by atoms with Crippen LogP contribution >= 0.6 is 0 Å².